The van der Waals surface area contributed by atoms with Gasteiger partial charge in [-0.25, -0.2) is 0 Å². The van der Waals surface area contributed by atoms with Gasteiger partial charge in [-0.15, -0.1) is 0 Å². The van der Waals surface area contributed by atoms with Crippen molar-refractivity contribution in [2.24, 2.45) is 0 Å². The summed E-state index contributed by atoms with van der Waals surface area (Å²) in [6.45, 7) is 6.16. The lowest BCUT2D eigenvalue weighted by Gasteiger charge is -2.19. The average Bonchev–Trinajstić information content (AvgIpc) is 2.96. The minimum absolute atomic E-state index is 0.134. The summed E-state index contributed by atoms with van der Waals surface area (Å²) in [5.74, 6) is 1.37. The number of rotatable bonds is 4. The normalized spacial score (nSPS) is 21.8. The second-order valence-corrected chi connectivity index (χ2v) is 6.06. The molecule has 0 spiro atoms. The Bertz CT molecular complexity index is 574. The van der Waals surface area contributed by atoms with Crippen LogP contribution >= 0.6 is 0 Å². The van der Waals surface area contributed by atoms with Crippen molar-refractivity contribution in [3.8, 4) is 0 Å². The van der Waals surface area contributed by atoms with E-state index in [9.17, 15) is 0 Å². The van der Waals surface area contributed by atoms with Crippen LogP contribution in [0.15, 0.2) is 34.9 Å². The number of ether oxygens (including phenoxy) is 1. The molecule has 5 nitrogen and oxygen atoms in total. The van der Waals surface area contributed by atoms with Crippen molar-refractivity contribution in [3.63, 3.8) is 0 Å². The largest absolute Gasteiger partial charge is 0.372 e. The SMILES string of the molecule is CC(C)(C)O[C@@H]1C[C@H]1c1nc(Nc2ccccc2)no1. The Morgan fingerprint density at radius 1 is 1.25 bits per heavy atom. The van der Waals surface area contributed by atoms with E-state index in [-0.39, 0.29) is 17.6 Å². The number of benzene rings is 1. The van der Waals surface area contributed by atoms with Crippen LogP contribution in [-0.4, -0.2) is 21.8 Å². The lowest BCUT2D eigenvalue weighted by Crippen LogP contribution is -2.21. The van der Waals surface area contributed by atoms with Crippen molar-refractivity contribution in [2.75, 3.05) is 5.32 Å². The van der Waals surface area contributed by atoms with Gasteiger partial charge in [0.05, 0.1) is 17.6 Å². The van der Waals surface area contributed by atoms with Gasteiger partial charge in [0, 0.05) is 5.69 Å². The summed E-state index contributed by atoms with van der Waals surface area (Å²) < 4.78 is 11.2. The summed E-state index contributed by atoms with van der Waals surface area (Å²) in [6, 6.07) is 9.79. The molecule has 106 valence electrons. The Morgan fingerprint density at radius 3 is 2.70 bits per heavy atom. The van der Waals surface area contributed by atoms with Gasteiger partial charge < -0.3 is 14.6 Å². The van der Waals surface area contributed by atoms with E-state index in [1.54, 1.807) is 0 Å². The molecule has 1 aromatic carbocycles. The number of hydrogen-bond acceptors (Lipinski definition) is 5. The molecule has 2 atom stereocenters. The molecular weight excluding hydrogens is 254 g/mol. The lowest BCUT2D eigenvalue weighted by molar-refractivity contribution is -0.0188. The van der Waals surface area contributed by atoms with Crippen molar-refractivity contribution in [1.29, 1.82) is 0 Å². The first-order valence-corrected chi connectivity index (χ1v) is 6.85. The fourth-order valence-electron chi connectivity index (χ4n) is 2.10. The summed E-state index contributed by atoms with van der Waals surface area (Å²) in [4.78, 5) is 4.38. The highest BCUT2D eigenvalue weighted by atomic mass is 16.5. The molecule has 0 bridgehead atoms. The summed E-state index contributed by atoms with van der Waals surface area (Å²) in [6.07, 6.45) is 1.14. The molecule has 1 aliphatic carbocycles. The maximum atomic E-state index is 5.90. The van der Waals surface area contributed by atoms with E-state index >= 15 is 0 Å². The maximum Gasteiger partial charge on any atom is 0.267 e. The van der Waals surface area contributed by atoms with Gasteiger partial charge in [0.2, 0.25) is 5.89 Å². The fourth-order valence-corrected chi connectivity index (χ4v) is 2.10. The topological polar surface area (TPSA) is 60.2 Å². The third-order valence-electron chi connectivity index (χ3n) is 3.03. The van der Waals surface area contributed by atoms with Gasteiger partial charge in [0.25, 0.3) is 5.95 Å². The number of nitrogens with one attached hydrogen (secondary N) is 1. The van der Waals surface area contributed by atoms with E-state index in [1.165, 1.54) is 0 Å². The summed E-state index contributed by atoms with van der Waals surface area (Å²) in [5.41, 5.74) is 0.808. The van der Waals surface area contributed by atoms with Crippen molar-refractivity contribution in [2.45, 2.75) is 44.8 Å². The molecule has 0 saturated heterocycles. The van der Waals surface area contributed by atoms with Crippen molar-refractivity contribution in [3.05, 3.63) is 36.2 Å². The van der Waals surface area contributed by atoms with Crippen LogP contribution in [-0.2, 0) is 4.74 Å². The zero-order chi connectivity index (χ0) is 14.2. The molecule has 2 aromatic rings. The Morgan fingerprint density at radius 2 is 2.00 bits per heavy atom. The number of aromatic nitrogens is 2. The van der Waals surface area contributed by atoms with E-state index in [1.807, 2.05) is 30.3 Å². The Kier molecular flexibility index (Phi) is 3.22. The highest BCUT2D eigenvalue weighted by Crippen LogP contribution is 2.44. The zero-order valence-corrected chi connectivity index (χ0v) is 12.0. The van der Waals surface area contributed by atoms with E-state index in [0.29, 0.717) is 11.8 Å². The van der Waals surface area contributed by atoms with Crippen molar-refractivity contribution in [1.82, 2.24) is 10.1 Å². The minimum atomic E-state index is -0.134. The maximum absolute atomic E-state index is 5.90. The third-order valence-corrected chi connectivity index (χ3v) is 3.03. The molecule has 0 aliphatic heterocycles. The van der Waals surface area contributed by atoms with Crippen LogP contribution in [0.4, 0.5) is 11.6 Å². The number of nitrogens with zero attached hydrogens (tertiary/aromatic N) is 2. The van der Waals surface area contributed by atoms with Gasteiger partial charge in [0.1, 0.15) is 0 Å². The predicted molar refractivity (Wildman–Crippen MR) is 76.0 cm³/mol. The standard InChI is InChI=1S/C15H19N3O2/c1-15(2,3)19-12-9-11(12)13-17-14(18-20-13)16-10-7-5-4-6-8-10/h4-8,11-12H,9H2,1-3H3,(H,16,18)/t11-,12-/m1/s1. The first-order chi connectivity index (χ1) is 9.51. The molecular formula is C15H19N3O2. The van der Waals surface area contributed by atoms with Crippen molar-refractivity contribution < 1.29 is 9.26 Å². The molecule has 1 heterocycles. The van der Waals surface area contributed by atoms with Crippen molar-refractivity contribution >= 4 is 11.6 Å². The molecule has 1 aliphatic rings. The molecule has 1 aromatic heterocycles. The Hall–Kier alpha value is -1.88. The quantitative estimate of drug-likeness (QED) is 0.924. The first kappa shape index (κ1) is 13.1. The minimum Gasteiger partial charge on any atom is -0.372 e. The first-order valence-electron chi connectivity index (χ1n) is 6.85. The molecule has 1 N–H and O–H groups in total. The zero-order valence-electron chi connectivity index (χ0n) is 12.0. The van der Waals surface area contributed by atoms with Crippen LogP contribution in [0.25, 0.3) is 0 Å². The average molecular weight is 273 g/mol. The molecule has 0 amide bonds. The van der Waals surface area contributed by atoms with Gasteiger partial charge in [-0.3, -0.25) is 0 Å². The summed E-state index contributed by atoms with van der Waals surface area (Å²) >= 11 is 0. The predicted octanol–water partition coefficient (Wildman–Crippen LogP) is 3.48. The molecule has 1 saturated carbocycles. The molecule has 5 heteroatoms. The monoisotopic (exact) mass is 273 g/mol. The molecule has 0 unspecified atom stereocenters. The number of hydrogen-bond donors (Lipinski definition) is 1. The highest BCUT2D eigenvalue weighted by molar-refractivity contribution is 5.52. The van der Waals surface area contributed by atoms with E-state index < -0.39 is 0 Å². The third kappa shape index (κ3) is 3.17. The van der Waals surface area contributed by atoms with Crippen LogP contribution in [0.5, 0.6) is 0 Å². The van der Waals surface area contributed by atoms with Gasteiger partial charge in [-0.05, 0) is 44.5 Å². The van der Waals surface area contributed by atoms with Gasteiger partial charge in [0.15, 0.2) is 0 Å². The van der Waals surface area contributed by atoms with E-state index in [0.717, 1.165) is 12.1 Å². The smallest absolute Gasteiger partial charge is 0.267 e. The lowest BCUT2D eigenvalue weighted by atomic mass is 10.2. The molecule has 20 heavy (non-hydrogen) atoms. The second kappa shape index (κ2) is 4.90. The molecule has 1 fully saturated rings. The van der Waals surface area contributed by atoms with Gasteiger partial charge in [-0.1, -0.05) is 18.2 Å². The molecule has 3 rings (SSSR count). The van der Waals surface area contributed by atoms with Crippen LogP contribution in [0.3, 0.4) is 0 Å². The Labute approximate surface area is 118 Å². The van der Waals surface area contributed by atoms with Crippen LogP contribution in [0, 0.1) is 0 Å². The summed E-state index contributed by atoms with van der Waals surface area (Å²) in [5, 5.41) is 7.06. The number of anilines is 2. The fraction of sp³-hybridized carbons (Fsp3) is 0.467. The Balaban J connectivity index is 1.61. The van der Waals surface area contributed by atoms with Crippen LogP contribution in [0.2, 0.25) is 0 Å². The van der Waals surface area contributed by atoms with Gasteiger partial charge >= 0.3 is 0 Å². The summed E-state index contributed by atoms with van der Waals surface area (Å²) in [7, 11) is 0. The second-order valence-electron chi connectivity index (χ2n) is 6.06. The highest BCUT2D eigenvalue weighted by Gasteiger charge is 2.45. The van der Waals surface area contributed by atoms with Crippen LogP contribution in [0.1, 0.15) is 39.0 Å². The molecule has 0 radical (unpaired) electrons. The van der Waals surface area contributed by atoms with E-state index in [2.05, 4.69) is 36.2 Å². The van der Waals surface area contributed by atoms with E-state index in [4.69, 9.17) is 9.26 Å². The van der Waals surface area contributed by atoms with Crippen LogP contribution < -0.4 is 5.32 Å². The number of para-hydroxylation sites is 1. The van der Waals surface area contributed by atoms with Gasteiger partial charge in [-0.2, -0.15) is 4.98 Å².